The summed E-state index contributed by atoms with van der Waals surface area (Å²) in [5.74, 6) is 0.884. The van der Waals surface area contributed by atoms with E-state index in [9.17, 15) is 0 Å². The highest BCUT2D eigenvalue weighted by Crippen LogP contribution is 2.28. The summed E-state index contributed by atoms with van der Waals surface area (Å²) in [5.41, 5.74) is 1.97. The van der Waals surface area contributed by atoms with Gasteiger partial charge in [0.25, 0.3) is 0 Å². The van der Waals surface area contributed by atoms with Gasteiger partial charge in [-0.25, -0.2) is 4.98 Å². The summed E-state index contributed by atoms with van der Waals surface area (Å²) < 4.78 is 2.18. The molecule has 0 fully saturated rings. The number of aryl methyl sites for hydroxylation is 1. The second-order valence-electron chi connectivity index (χ2n) is 4.82. The SMILES string of the molecule is Cc1ccc(Cn2c(C(C)Cl)nc3cc(Cl)ccc32)s1. The zero-order valence-electron chi connectivity index (χ0n) is 11.2. The first-order valence-corrected chi connectivity index (χ1v) is 8.03. The number of imidazole rings is 1. The van der Waals surface area contributed by atoms with Gasteiger partial charge in [-0.2, -0.15) is 0 Å². The minimum atomic E-state index is -0.137. The van der Waals surface area contributed by atoms with Crippen LogP contribution in [0.3, 0.4) is 0 Å². The molecule has 1 aromatic carbocycles. The van der Waals surface area contributed by atoms with Crippen LogP contribution in [0.15, 0.2) is 30.3 Å². The van der Waals surface area contributed by atoms with E-state index in [0.29, 0.717) is 5.02 Å². The number of hydrogen-bond acceptors (Lipinski definition) is 2. The Morgan fingerprint density at radius 3 is 2.75 bits per heavy atom. The third-order valence-corrected chi connectivity index (χ3v) is 4.62. The highest BCUT2D eigenvalue weighted by Gasteiger charge is 2.15. The Morgan fingerprint density at radius 2 is 2.10 bits per heavy atom. The van der Waals surface area contributed by atoms with Gasteiger partial charge in [0.05, 0.1) is 23.0 Å². The Balaban J connectivity index is 2.13. The van der Waals surface area contributed by atoms with E-state index in [1.54, 1.807) is 11.3 Å². The Morgan fingerprint density at radius 1 is 1.30 bits per heavy atom. The summed E-state index contributed by atoms with van der Waals surface area (Å²) in [6, 6.07) is 10.1. The van der Waals surface area contributed by atoms with Gasteiger partial charge in [0.15, 0.2) is 0 Å². The van der Waals surface area contributed by atoms with Crippen LogP contribution in [0, 0.1) is 6.92 Å². The van der Waals surface area contributed by atoms with Gasteiger partial charge < -0.3 is 4.57 Å². The maximum Gasteiger partial charge on any atom is 0.128 e. The largest absolute Gasteiger partial charge is 0.321 e. The number of rotatable bonds is 3. The first kappa shape index (κ1) is 13.9. The third-order valence-electron chi connectivity index (χ3n) is 3.21. The fourth-order valence-corrected chi connectivity index (χ4v) is 3.53. The smallest absolute Gasteiger partial charge is 0.128 e. The molecule has 0 saturated heterocycles. The first-order valence-electron chi connectivity index (χ1n) is 6.39. The van der Waals surface area contributed by atoms with Crippen molar-refractivity contribution in [1.82, 2.24) is 9.55 Å². The fourth-order valence-electron chi connectivity index (χ4n) is 2.32. The number of nitrogens with zero attached hydrogens (tertiary/aromatic N) is 2. The summed E-state index contributed by atoms with van der Waals surface area (Å²) in [6.07, 6.45) is 0. The molecule has 0 bridgehead atoms. The maximum atomic E-state index is 6.28. The predicted octanol–water partition coefficient (Wildman–Crippen LogP) is 5.41. The quantitative estimate of drug-likeness (QED) is 0.589. The van der Waals surface area contributed by atoms with E-state index < -0.39 is 0 Å². The maximum absolute atomic E-state index is 6.28. The predicted molar refractivity (Wildman–Crippen MR) is 87.2 cm³/mol. The summed E-state index contributed by atoms with van der Waals surface area (Å²) >= 11 is 14.1. The van der Waals surface area contributed by atoms with Crippen LogP contribution in [-0.4, -0.2) is 9.55 Å². The first-order chi connectivity index (χ1) is 9.54. The molecular weight excluding hydrogens is 311 g/mol. The zero-order valence-corrected chi connectivity index (χ0v) is 13.6. The number of aromatic nitrogens is 2. The van der Waals surface area contributed by atoms with Crippen LogP contribution in [0.25, 0.3) is 11.0 Å². The molecule has 0 saturated carbocycles. The number of fused-ring (bicyclic) bond motifs is 1. The molecule has 0 aliphatic heterocycles. The molecule has 104 valence electrons. The van der Waals surface area contributed by atoms with Crippen molar-refractivity contribution in [2.24, 2.45) is 0 Å². The van der Waals surface area contributed by atoms with E-state index in [2.05, 4.69) is 28.6 Å². The van der Waals surface area contributed by atoms with Crippen molar-refractivity contribution in [3.05, 3.63) is 50.9 Å². The molecule has 2 heterocycles. The van der Waals surface area contributed by atoms with Crippen LogP contribution in [0.1, 0.15) is 27.9 Å². The number of thiophene rings is 1. The van der Waals surface area contributed by atoms with E-state index in [4.69, 9.17) is 23.2 Å². The number of alkyl halides is 1. The zero-order chi connectivity index (χ0) is 14.3. The summed E-state index contributed by atoms with van der Waals surface area (Å²) in [7, 11) is 0. The van der Waals surface area contributed by atoms with Crippen molar-refractivity contribution >= 4 is 45.6 Å². The van der Waals surface area contributed by atoms with Crippen LogP contribution < -0.4 is 0 Å². The lowest BCUT2D eigenvalue weighted by molar-refractivity contribution is 0.750. The molecule has 0 amide bonds. The van der Waals surface area contributed by atoms with Gasteiger partial charge in [0, 0.05) is 14.8 Å². The van der Waals surface area contributed by atoms with Crippen molar-refractivity contribution in [1.29, 1.82) is 0 Å². The van der Waals surface area contributed by atoms with E-state index in [-0.39, 0.29) is 5.38 Å². The Labute approximate surface area is 132 Å². The van der Waals surface area contributed by atoms with Crippen molar-refractivity contribution in [3.63, 3.8) is 0 Å². The molecule has 3 aromatic rings. The Hall–Kier alpha value is -1.03. The Bertz CT molecular complexity index is 758. The molecule has 1 atom stereocenters. The monoisotopic (exact) mass is 324 g/mol. The molecule has 0 radical (unpaired) electrons. The number of hydrogen-bond donors (Lipinski definition) is 0. The molecule has 0 N–H and O–H groups in total. The molecule has 2 aromatic heterocycles. The van der Waals surface area contributed by atoms with Gasteiger partial charge in [-0.15, -0.1) is 22.9 Å². The normalized spacial score (nSPS) is 13.0. The highest BCUT2D eigenvalue weighted by atomic mass is 35.5. The molecule has 3 rings (SSSR count). The molecular formula is C15H14Cl2N2S. The number of benzene rings is 1. The van der Waals surface area contributed by atoms with Gasteiger partial charge in [-0.3, -0.25) is 0 Å². The van der Waals surface area contributed by atoms with Crippen LogP contribution in [0.5, 0.6) is 0 Å². The average Bonchev–Trinajstić information content (AvgIpc) is 2.94. The molecule has 1 unspecified atom stereocenters. The van der Waals surface area contributed by atoms with E-state index in [1.807, 2.05) is 25.1 Å². The van der Waals surface area contributed by atoms with Gasteiger partial charge in [0.2, 0.25) is 0 Å². The second kappa shape index (κ2) is 5.40. The summed E-state index contributed by atoms with van der Waals surface area (Å²) in [6.45, 7) is 4.86. The van der Waals surface area contributed by atoms with Crippen molar-refractivity contribution in [2.75, 3.05) is 0 Å². The standard InChI is InChI=1S/C15H14Cl2N2S/c1-9-3-5-12(20-9)8-19-14-6-4-11(17)7-13(14)18-15(19)10(2)16/h3-7,10H,8H2,1-2H3. The summed E-state index contributed by atoms with van der Waals surface area (Å²) in [4.78, 5) is 7.24. The minimum absolute atomic E-state index is 0.137. The van der Waals surface area contributed by atoms with Crippen LogP contribution in [-0.2, 0) is 6.54 Å². The van der Waals surface area contributed by atoms with E-state index >= 15 is 0 Å². The van der Waals surface area contributed by atoms with Gasteiger partial charge in [0.1, 0.15) is 5.82 Å². The Kier molecular flexibility index (Phi) is 3.76. The van der Waals surface area contributed by atoms with E-state index in [1.165, 1.54) is 9.75 Å². The molecule has 20 heavy (non-hydrogen) atoms. The van der Waals surface area contributed by atoms with Crippen LogP contribution in [0.4, 0.5) is 0 Å². The average molecular weight is 325 g/mol. The lowest BCUT2D eigenvalue weighted by Gasteiger charge is -2.09. The third kappa shape index (κ3) is 2.58. The topological polar surface area (TPSA) is 17.8 Å². The van der Waals surface area contributed by atoms with Gasteiger partial charge in [-0.1, -0.05) is 11.6 Å². The van der Waals surface area contributed by atoms with Crippen molar-refractivity contribution in [2.45, 2.75) is 25.8 Å². The van der Waals surface area contributed by atoms with Gasteiger partial charge in [-0.05, 0) is 44.2 Å². The van der Waals surface area contributed by atoms with Crippen molar-refractivity contribution < 1.29 is 0 Å². The minimum Gasteiger partial charge on any atom is -0.321 e. The molecule has 5 heteroatoms. The van der Waals surface area contributed by atoms with Gasteiger partial charge >= 0.3 is 0 Å². The van der Waals surface area contributed by atoms with Crippen molar-refractivity contribution in [3.8, 4) is 0 Å². The van der Waals surface area contributed by atoms with Crippen LogP contribution in [0.2, 0.25) is 5.02 Å². The fraction of sp³-hybridized carbons (Fsp3) is 0.267. The lowest BCUT2D eigenvalue weighted by Crippen LogP contribution is -2.04. The van der Waals surface area contributed by atoms with E-state index in [0.717, 1.165) is 23.4 Å². The molecule has 0 aliphatic rings. The second-order valence-corrected chi connectivity index (χ2v) is 7.28. The number of halogens is 2. The van der Waals surface area contributed by atoms with Crippen LogP contribution >= 0.6 is 34.5 Å². The lowest BCUT2D eigenvalue weighted by atomic mass is 10.3. The molecule has 0 spiro atoms. The molecule has 2 nitrogen and oxygen atoms in total. The molecule has 0 aliphatic carbocycles. The highest BCUT2D eigenvalue weighted by molar-refractivity contribution is 7.11. The summed E-state index contributed by atoms with van der Waals surface area (Å²) in [5, 5.41) is 0.560.